The first kappa shape index (κ1) is 21.5. The number of aromatic nitrogens is 2. The van der Waals surface area contributed by atoms with Crippen LogP contribution in [-0.2, 0) is 28.4 Å². The number of rotatable bonds is 6. The largest absolute Gasteiger partial charge is 0.338 e. The minimum absolute atomic E-state index is 0.111. The molecule has 2 heterocycles. The Morgan fingerprint density at radius 2 is 1.84 bits per heavy atom. The second-order valence-electron chi connectivity index (χ2n) is 8.01. The number of hydrogen-bond acceptors (Lipinski definition) is 4. The smallest absolute Gasteiger partial charge is 0.243 e. The summed E-state index contributed by atoms with van der Waals surface area (Å²) in [5.41, 5.74) is 1.88. The molecular weight excluding hydrogens is 412 g/mol. The number of piperidine rings is 1. The van der Waals surface area contributed by atoms with E-state index < -0.39 is 10.0 Å². The van der Waals surface area contributed by atoms with Gasteiger partial charge in [0.05, 0.1) is 16.6 Å². The second kappa shape index (κ2) is 8.80. The number of carbonyl (C=O) groups is 1. The van der Waals surface area contributed by atoms with Gasteiger partial charge in [0.15, 0.2) is 0 Å². The Bertz CT molecular complexity index is 1170. The van der Waals surface area contributed by atoms with E-state index >= 15 is 0 Å². The van der Waals surface area contributed by atoms with Gasteiger partial charge in [-0.25, -0.2) is 8.42 Å². The molecule has 0 N–H and O–H groups in total. The fourth-order valence-corrected chi connectivity index (χ4v) is 5.67. The molecule has 0 atom stereocenters. The first-order valence-electron chi connectivity index (χ1n) is 10.6. The van der Waals surface area contributed by atoms with Crippen LogP contribution in [0.5, 0.6) is 0 Å². The highest BCUT2D eigenvalue weighted by Gasteiger charge is 2.33. The summed E-state index contributed by atoms with van der Waals surface area (Å²) in [5, 5.41) is 5.09. The van der Waals surface area contributed by atoms with Crippen molar-refractivity contribution in [2.24, 2.45) is 13.0 Å². The summed E-state index contributed by atoms with van der Waals surface area (Å²) in [6, 6.07) is 15.0. The first-order chi connectivity index (χ1) is 14.9. The Morgan fingerprint density at radius 3 is 2.52 bits per heavy atom. The Hall–Kier alpha value is -2.71. The van der Waals surface area contributed by atoms with Gasteiger partial charge < -0.3 is 4.90 Å². The number of carbonyl (C=O) groups excluding carboxylic acids is 1. The lowest BCUT2D eigenvalue weighted by molar-refractivity contribution is -0.137. The molecule has 0 radical (unpaired) electrons. The molecule has 31 heavy (non-hydrogen) atoms. The van der Waals surface area contributed by atoms with Crippen molar-refractivity contribution in [3.05, 3.63) is 60.3 Å². The molecule has 0 aliphatic carbocycles. The second-order valence-corrected chi connectivity index (χ2v) is 9.94. The summed E-state index contributed by atoms with van der Waals surface area (Å²) in [7, 11) is -1.81. The van der Waals surface area contributed by atoms with Crippen LogP contribution in [0.1, 0.15) is 25.3 Å². The number of fused-ring (bicyclic) bond motifs is 1. The van der Waals surface area contributed by atoms with Crippen molar-refractivity contribution in [1.29, 1.82) is 0 Å². The van der Waals surface area contributed by atoms with Crippen molar-refractivity contribution >= 4 is 26.8 Å². The zero-order valence-corrected chi connectivity index (χ0v) is 18.8. The van der Waals surface area contributed by atoms with Gasteiger partial charge in [-0.1, -0.05) is 30.3 Å². The van der Waals surface area contributed by atoms with Crippen molar-refractivity contribution in [3.63, 3.8) is 0 Å². The van der Waals surface area contributed by atoms with Gasteiger partial charge in [0.1, 0.15) is 0 Å². The molecule has 2 aromatic carbocycles. The monoisotopic (exact) mass is 440 g/mol. The molecule has 0 unspecified atom stereocenters. The van der Waals surface area contributed by atoms with Crippen LogP contribution in [-0.4, -0.2) is 52.9 Å². The lowest BCUT2D eigenvalue weighted by Crippen LogP contribution is -2.44. The summed E-state index contributed by atoms with van der Waals surface area (Å²) >= 11 is 0. The van der Waals surface area contributed by atoms with Gasteiger partial charge in [0.2, 0.25) is 15.9 Å². The molecule has 1 amide bonds. The molecule has 7 nitrogen and oxygen atoms in total. The highest BCUT2D eigenvalue weighted by atomic mass is 32.2. The molecule has 1 fully saturated rings. The van der Waals surface area contributed by atoms with Crippen molar-refractivity contribution in [2.45, 2.75) is 31.2 Å². The van der Waals surface area contributed by atoms with Gasteiger partial charge in [-0.3, -0.25) is 9.48 Å². The normalized spacial score (nSPS) is 15.9. The average molecular weight is 441 g/mol. The highest BCUT2D eigenvalue weighted by Crippen LogP contribution is 2.27. The van der Waals surface area contributed by atoms with E-state index in [0.29, 0.717) is 39.0 Å². The van der Waals surface area contributed by atoms with E-state index in [2.05, 4.69) is 5.10 Å². The quantitative estimate of drug-likeness (QED) is 0.591. The SMILES string of the molecule is CCN(Cc1ccccc1)C(=O)C1CCN(S(=O)(=O)c2ccc3cnn(C)c3c2)CC1. The predicted octanol–water partition coefficient (Wildman–Crippen LogP) is 3.02. The van der Waals surface area contributed by atoms with E-state index in [9.17, 15) is 13.2 Å². The first-order valence-corrected chi connectivity index (χ1v) is 12.1. The third-order valence-electron chi connectivity index (χ3n) is 6.07. The molecule has 1 aliphatic rings. The van der Waals surface area contributed by atoms with Crippen LogP contribution in [0, 0.1) is 5.92 Å². The lowest BCUT2D eigenvalue weighted by atomic mass is 9.96. The van der Waals surface area contributed by atoms with Crippen LogP contribution < -0.4 is 0 Å². The summed E-state index contributed by atoms with van der Waals surface area (Å²) in [6.07, 6.45) is 2.80. The van der Waals surface area contributed by atoms with Crippen molar-refractivity contribution < 1.29 is 13.2 Å². The number of sulfonamides is 1. The Morgan fingerprint density at radius 1 is 1.13 bits per heavy atom. The van der Waals surface area contributed by atoms with Crippen LogP contribution in [0.25, 0.3) is 10.9 Å². The lowest BCUT2D eigenvalue weighted by Gasteiger charge is -2.33. The Balaban J connectivity index is 1.43. The highest BCUT2D eigenvalue weighted by molar-refractivity contribution is 7.89. The standard InChI is InChI=1S/C23H28N4O3S/c1-3-26(17-18-7-5-4-6-8-18)23(28)19-11-13-27(14-12-19)31(29,30)21-10-9-20-16-24-25(2)22(20)15-21/h4-10,15-16,19H,3,11-14,17H2,1-2H3. The van der Waals surface area contributed by atoms with E-state index in [1.54, 1.807) is 36.1 Å². The average Bonchev–Trinajstić information content (AvgIpc) is 3.18. The molecule has 1 aromatic heterocycles. The van der Waals surface area contributed by atoms with E-state index in [1.165, 1.54) is 4.31 Å². The van der Waals surface area contributed by atoms with Gasteiger partial charge in [-0.05, 0) is 43.5 Å². The Labute approximate surface area is 183 Å². The topological polar surface area (TPSA) is 75.5 Å². The van der Waals surface area contributed by atoms with Crippen LogP contribution in [0.4, 0.5) is 0 Å². The third kappa shape index (κ3) is 4.36. The third-order valence-corrected chi connectivity index (χ3v) is 7.97. The molecule has 1 aliphatic heterocycles. The van der Waals surface area contributed by atoms with E-state index in [0.717, 1.165) is 16.5 Å². The number of aryl methyl sites for hydroxylation is 1. The van der Waals surface area contributed by atoms with Crippen molar-refractivity contribution in [1.82, 2.24) is 19.0 Å². The zero-order valence-electron chi connectivity index (χ0n) is 17.9. The molecule has 164 valence electrons. The Kier molecular flexibility index (Phi) is 6.11. The van der Waals surface area contributed by atoms with Crippen LogP contribution in [0.3, 0.4) is 0 Å². The van der Waals surface area contributed by atoms with Crippen molar-refractivity contribution in [2.75, 3.05) is 19.6 Å². The summed E-state index contributed by atoms with van der Waals surface area (Å²) < 4.78 is 29.5. The summed E-state index contributed by atoms with van der Waals surface area (Å²) in [6.45, 7) is 3.90. The van der Waals surface area contributed by atoms with Gasteiger partial charge in [0.25, 0.3) is 0 Å². The minimum atomic E-state index is -3.60. The molecule has 1 saturated heterocycles. The molecular formula is C23H28N4O3S. The van der Waals surface area contributed by atoms with Gasteiger partial charge in [-0.15, -0.1) is 0 Å². The zero-order chi connectivity index (χ0) is 22.0. The molecule has 4 rings (SSSR count). The van der Waals surface area contributed by atoms with Gasteiger partial charge in [-0.2, -0.15) is 9.40 Å². The van der Waals surface area contributed by atoms with Gasteiger partial charge in [0, 0.05) is 44.5 Å². The summed E-state index contributed by atoms with van der Waals surface area (Å²) in [4.78, 5) is 15.2. The van der Waals surface area contributed by atoms with Crippen molar-refractivity contribution in [3.8, 4) is 0 Å². The van der Waals surface area contributed by atoms with E-state index in [4.69, 9.17) is 0 Å². The minimum Gasteiger partial charge on any atom is -0.338 e. The fourth-order valence-electron chi connectivity index (χ4n) is 4.18. The molecule has 0 saturated carbocycles. The molecule has 3 aromatic rings. The molecule has 0 bridgehead atoms. The molecule has 8 heteroatoms. The summed E-state index contributed by atoms with van der Waals surface area (Å²) in [5.74, 6) is -0.0330. The number of amides is 1. The maximum Gasteiger partial charge on any atom is 0.243 e. The molecule has 0 spiro atoms. The van der Waals surface area contributed by atoms with Crippen LogP contribution >= 0.6 is 0 Å². The maximum atomic E-state index is 13.2. The number of benzene rings is 2. The number of nitrogens with zero attached hydrogens (tertiary/aromatic N) is 4. The van der Waals surface area contributed by atoms with Gasteiger partial charge >= 0.3 is 0 Å². The van der Waals surface area contributed by atoms with Crippen LogP contribution in [0.15, 0.2) is 59.6 Å². The maximum absolute atomic E-state index is 13.2. The van der Waals surface area contributed by atoms with E-state index in [-0.39, 0.29) is 16.7 Å². The van der Waals surface area contributed by atoms with E-state index in [1.807, 2.05) is 42.2 Å². The fraction of sp³-hybridized carbons (Fsp3) is 0.391. The predicted molar refractivity (Wildman–Crippen MR) is 120 cm³/mol. The van der Waals surface area contributed by atoms with Crippen LogP contribution in [0.2, 0.25) is 0 Å². The number of hydrogen-bond donors (Lipinski definition) is 0.